The first-order chi connectivity index (χ1) is 17.9. The van der Waals surface area contributed by atoms with E-state index >= 15 is 0 Å². The van der Waals surface area contributed by atoms with Crippen LogP contribution < -0.4 is 25.0 Å². The molecule has 1 heterocycles. The van der Waals surface area contributed by atoms with Gasteiger partial charge in [-0.15, -0.1) is 0 Å². The van der Waals surface area contributed by atoms with Gasteiger partial charge in [0.15, 0.2) is 0 Å². The van der Waals surface area contributed by atoms with Gasteiger partial charge in [0.05, 0.1) is 19.9 Å². The largest absolute Gasteiger partial charge is 0.497 e. The minimum Gasteiger partial charge on any atom is -0.497 e. The van der Waals surface area contributed by atoms with E-state index in [1.54, 1.807) is 42.5 Å². The molecule has 0 aliphatic carbocycles. The zero-order chi connectivity index (χ0) is 26.8. The number of carbonyl (C=O) groups is 2. The summed E-state index contributed by atoms with van der Waals surface area (Å²) in [6, 6.07) is 13.2. The van der Waals surface area contributed by atoms with Crippen molar-refractivity contribution in [2.75, 3.05) is 50.6 Å². The van der Waals surface area contributed by atoms with E-state index in [2.05, 4.69) is 39.3 Å². The molecule has 2 aromatic carbocycles. The molecule has 1 aromatic heterocycles. The van der Waals surface area contributed by atoms with Crippen molar-refractivity contribution in [3.8, 4) is 11.5 Å². The van der Waals surface area contributed by atoms with Gasteiger partial charge in [0.25, 0.3) is 5.91 Å². The normalized spacial score (nSPS) is 10.6. The third-order valence-corrected chi connectivity index (χ3v) is 5.68. The number of methoxy groups -OCH3 is 2. The van der Waals surface area contributed by atoms with Gasteiger partial charge in [-0.2, -0.15) is 4.98 Å². The average molecular weight is 509 g/mol. The van der Waals surface area contributed by atoms with Crippen molar-refractivity contribution < 1.29 is 24.2 Å². The summed E-state index contributed by atoms with van der Waals surface area (Å²) in [6.07, 6.45) is 0.192. The molecule has 196 valence electrons. The lowest BCUT2D eigenvalue weighted by atomic mass is 10.2. The fraction of sp³-hybridized carbons (Fsp3) is 0.308. The first kappa shape index (κ1) is 27.2. The zero-order valence-electron chi connectivity index (χ0n) is 21.4. The van der Waals surface area contributed by atoms with Crippen molar-refractivity contribution in [2.45, 2.75) is 13.8 Å². The molecular formula is C26H32N6O5. The molecule has 2 amide bonds. The molecule has 3 aromatic rings. The topological polar surface area (TPSA) is 129 Å². The maximum absolute atomic E-state index is 12.6. The second kappa shape index (κ2) is 13.1. The lowest BCUT2D eigenvalue weighted by molar-refractivity contribution is 0.0949. The second-order valence-electron chi connectivity index (χ2n) is 7.88. The summed E-state index contributed by atoms with van der Waals surface area (Å²) >= 11 is 0. The summed E-state index contributed by atoms with van der Waals surface area (Å²) in [5.74, 6) is 0.908. The number of rotatable bonds is 12. The zero-order valence-corrected chi connectivity index (χ0v) is 21.4. The highest BCUT2D eigenvalue weighted by Crippen LogP contribution is 2.36. The standard InChI is InChI=1S/C26H32N6O5/c1-5-31(6-2)15-14-27-24(33)18-8-7-9-19(16-18)29-25-28-13-12-23(30-25)32(26(34)35)21-11-10-20(36-3)17-22(21)37-4/h7-13,16-17H,5-6,14-15H2,1-4H3,(H,27,33)(H,34,35)(H,28,29,30). The van der Waals surface area contributed by atoms with E-state index in [1.165, 1.54) is 26.5 Å². The molecule has 0 saturated heterocycles. The van der Waals surface area contributed by atoms with E-state index in [-0.39, 0.29) is 23.4 Å². The Morgan fingerprint density at radius 3 is 2.49 bits per heavy atom. The number of carboxylic acid groups (broad SMARTS) is 1. The van der Waals surface area contributed by atoms with Crippen LogP contribution in [-0.2, 0) is 0 Å². The third kappa shape index (κ3) is 7.07. The Labute approximate surface area is 216 Å². The summed E-state index contributed by atoms with van der Waals surface area (Å²) in [5.41, 5.74) is 1.33. The van der Waals surface area contributed by atoms with Crippen molar-refractivity contribution in [1.29, 1.82) is 0 Å². The summed E-state index contributed by atoms with van der Waals surface area (Å²) < 4.78 is 10.6. The number of likely N-dealkylation sites (N-methyl/N-ethyl adjacent to an activating group) is 1. The van der Waals surface area contributed by atoms with Crippen LogP contribution in [0.15, 0.2) is 54.7 Å². The van der Waals surface area contributed by atoms with Gasteiger partial charge < -0.3 is 30.1 Å². The molecule has 37 heavy (non-hydrogen) atoms. The van der Waals surface area contributed by atoms with E-state index in [1.807, 2.05) is 0 Å². The maximum Gasteiger partial charge on any atom is 0.417 e. The fourth-order valence-electron chi connectivity index (χ4n) is 3.66. The van der Waals surface area contributed by atoms with Crippen molar-refractivity contribution in [1.82, 2.24) is 20.2 Å². The molecule has 0 atom stereocenters. The third-order valence-electron chi connectivity index (χ3n) is 5.68. The van der Waals surface area contributed by atoms with Gasteiger partial charge >= 0.3 is 6.09 Å². The maximum atomic E-state index is 12.6. The van der Waals surface area contributed by atoms with Crippen LogP contribution in [0.3, 0.4) is 0 Å². The fourth-order valence-corrected chi connectivity index (χ4v) is 3.66. The number of ether oxygens (including phenoxy) is 2. The Balaban J connectivity index is 1.79. The van der Waals surface area contributed by atoms with Crippen molar-refractivity contribution in [2.24, 2.45) is 0 Å². The Morgan fingerprint density at radius 2 is 1.81 bits per heavy atom. The molecule has 0 aliphatic heterocycles. The van der Waals surface area contributed by atoms with Gasteiger partial charge in [0.2, 0.25) is 5.95 Å². The van der Waals surface area contributed by atoms with Crippen molar-refractivity contribution >= 4 is 35.1 Å². The highest BCUT2D eigenvalue weighted by Gasteiger charge is 2.23. The number of amides is 2. The highest BCUT2D eigenvalue weighted by molar-refractivity contribution is 5.96. The average Bonchev–Trinajstić information content (AvgIpc) is 2.91. The van der Waals surface area contributed by atoms with Gasteiger partial charge in [-0.1, -0.05) is 19.9 Å². The lowest BCUT2D eigenvalue weighted by Crippen LogP contribution is -2.34. The minimum atomic E-state index is -1.25. The molecule has 0 bridgehead atoms. The molecule has 3 N–H and O–H groups in total. The number of anilines is 4. The Bertz CT molecular complexity index is 1220. The molecule has 11 heteroatoms. The number of carbonyl (C=O) groups excluding carboxylic acids is 1. The second-order valence-corrected chi connectivity index (χ2v) is 7.88. The van der Waals surface area contributed by atoms with Crippen LogP contribution in [0, 0.1) is 0 Å². The van der Waals surface area contributed by atoms with E-state index in [4.69, 9.17) is 9.47 Å². The van der Waals surface area contributed by atoms with Crippen LogP contribution in [0.5, 0.6) is 11.5 Å². The summed E-state index contributed by atoms with van der Waals surface area (Å²) in [6.45, 7) is 7.34. The monoisotopic (exact) mass is 508 g/mol. The molecule has 0 fully saturated rings. The summed E-state index contributed by atoms with van der Waals surface area (Å²) in [4.78, 5) is 36.6. The van der Waals surface area contributed by atoms with Crippen LogP contribution >= 0.6 is 0 Å². The molecule has 3 rings (SSSR count). The van der Waals surface area contributed by atoms with E-state index in [0.29, 0.717) is 29.3 Å². The predicted molar refractivity (Wildman–Crippen MR) is 142 cm³/mol. The highest BCUT2D eigenvalue weighted by atomic mass is 16.5. The Kier molecular flexibility index (Phi) is 9.61. The van der Waals surface area contributed by atoms with Crippen LogP contribution in [0.4, 0.5) is 27.9 Å². The van der Waals surface area contributed by atoms with Crippen molar-refractivity contribution in [3.63, 3.8) is 0 Å². The lowest BCUT2D eigenvalue weighted by Gasteiger charge is -2.21. The molecule has 0 aliphatic rings. The quantitative estimate of drug-likeness (QED) is 0.331. The van der Waals surface area contributed by atoms with Gasteiger partial charge in [-0.3, -0.25) is 4.79 Å². The van der Waals surface area contributed by atoms with Crippen LogP contribution in [-0.4, -0.2) is 72.4 Å². The molecule has 0 spiro atoms. The van der Waals surface area contributed by atoms with Gasteiger partial charge in [0, 0.05) is 42.7 Å². The number of benzene rings is 2. The molecule has 0 unspecified atom stereocenters. The van der Waals surface area contributed by atoms with Crippen LogP contribution in [0.25, 0.3) is 0 Å². The van der Waals surface area contributed by atoms with E-state index in [9.17, 15) is 14.7 Å². The van der Waals surface area contributed by atoms with Crippen molar-refractivity contribution in [3.05, 3.63) is 60.3 Å². The van der Waals surface area contributed by atoms with E-state index < -0.39 is 6.09 Å². The number of aromatic nitrogens is 2. The Morgan fingerprint density at radius 1 is 1.03 bits per heavy atom. The molecule has 11 nitrogen and oxygen atoms in total. The summed E-state index contributed by atoms with van der Waals surface area (Å²) in [7, 11) is 2.95. The smallest absolute Gasteiger partial charge is 0.417 e. The van der Waals surface area contributed by atoms with Crippen LogP contribution in [0.2, 0.25) is 0 Å². The number of hydrogen-bond acceptors (Lipinski definition) is 8. The Hall–Kier alpha value is -4.38. The van der Waals surface area contributed by atoms with Crippen LogP contribution in [0.1, 0.15) is 24.2 Å². The van der Waals surface area contributed by atoms with Gasteiger partial charge in [0.1, 0.15) is 17.3 Å². The van der Waals surface area contributed by atoms with E-state index in [0.717, 1.165) is 24.5 Å². The molecule has 0 saturated carbocycles. The minimum absolute atomic E-state index is 0.110. The molecular weight excluding hydrogens is 476 g/mol. The molecule has 0 radical (unpaired) electrons. The number of nitrogens with zero attached hydrogens (tertiary/aromatic N) is 4. The summed E-state index contributed by atoms with van der Waals surface area (Å²) in [5, 5.41) is 15.9. The van der Waals surface area contributed by atoms with Gasteiger partial charge in [-0.25, -0.2) is 14.7 Å². The first-order valence-corrected chi connectivity index (χ1v) is 11.9. The SMILES string of the molecule is CCN(CC)CCNC(=O)c1cccc(Nc2nccc(N(C(=O)O)c3ccc(OC)cc3OC)n2)c1. The first-order valence-electron chi connectivity index (χ1n) is 11.9. The van der Waals surface area contributed by atoms with Gasteiger partial charge in [-0.05, 0) is 43.4 Å². The number of nitrogens with one attached hydrogen (secondary N) is 2. The number of hydrogen-bond donors (Lipinski definition) is 3. The predicted octanol–water partition coefficient (Wildman–Crippen LogP) is 4.13.